The molecule has 2 aromatic carbocycles. The van der Waals surface area contributed by atoms with E-state index in [1.165, 1.54) is 11.8 Å². The summed E-state index contributed by atoms with van der Waals surface area (Å²) in [7, 11) is 0. The van der Waals surface area contributed by atoms with Crippen molar-refractivity contribution < 1.29 is 4.79 Å². The number of halogens is 1. The van der Waals surface area contributed by atoms with Crippen LogP contribution < -0.4 is 10.9 Å². The first kappa shape index (κ1) is 20.2. The normalized spacial score (nSPS) is 11.9. The van der Waals surface area contributed by atoms with Gasteiger partial charge in [-0.05, 0) is 36.8 Å². The van der Waals surface area contributed by atoms with Gasteiger partial charge in [0.2, 0.25) is 5.91 Å². The Balaban J connectivity index is 2.01. The fraction of sp³-hybridized carbons (Fsp3) is 0.190. The van der Waals surface area contributed by atoms with Crippen LogP contribution >= 0.6 is 23.4 Å². The molecule has 0 radical (unpaired) electrons. The van der Waals surface area contributed by atoms with Crippen LogP contribution in [0.1, 0.15) is 12.5 Å². The van der Waals surface area contributed by atoms with Gasteiger partial charge in [-0.25, -0.2) is 4.98 Å². The van der Waals surface area contributed by atoms with Crippen LogP contribution in [-0.2, 0) is 11.3 Å². The van der Waals surface area contributed by atoms with E-state index >= 15 is 0 Å². The Morgan fingerprint density at radius 1 is 1.29 bits per heavy atom. The number of rotatable bonds is 7. The van der Waals surface area contributed by atoms with E-state index in [9.17, 15) is 9.59 Å². The van der Waals surface area contributed by atoms with Crippen LogP contribution in [0.2, 0.25) is 5.02 Å². The molecule has 1 atom stereocenters. The number of thioether (sulfide) groups is 1. The molecule has 7 heteroatoms. The average Bonchev–Trinajstić information content (AvgIpc) is 2.70. The number of carbonyl (C=O) groups is 1. The maximum absolute atomic E-state index is 13.1. The highest BCUT2D eigenvalue weighted by Gasteiger charge is 2.19. The SMILES string of the molecule is C=CCNC(=O)[C@H](C)Sc1nc2ccccc2c(=O)n1Cc1ccc(Cl)cc1. The van der Waals surface area contributed by atoms with Gasteiger partial charge in [0.15, 0.2) is 5.16 Å². The first-order chi connectivity index (χ1) is 13.5. The van der Waals surface area contributed by atoms with Crippen molar-refractivity contribution in [1.29, 1.82) is 0 Å². The molecule has 0 fully saturated rings. The average molecular weight is 414 g/mol. The number of carbonyl (C=O) groups excluding carboxylic acids is 1. The van der Waals surface area contributed by atoms with Gasteiger partial charge in [-0.15, -0.1) is 6.58 Å². The van der Waals surface area contributed by atoms with E-state index < -0.39 is 5.25 Å². The van der Waals surface area contributed by atoms with Crippen molar-refractivity contribution in [3.05, 3.63) is 82.1 Å². The van der Waals surface area contributed by atoms with Crippen molar-refractivity contribution in [1.82, 2.24) is 14.9 Å². The molecule has 28 heavy (non-hydrogen) atoms. The molecule has 5 nitrogen and oxygen atoms in total. The number of hydrogen-bond donors (Lipinski definition) is 1. The number of amides is 1. The van der Waals surface area contributed by atoms with E-state index in [-0.39, 0.29) is 11.5 Å². The van der Waals surface area contributed by atoms with Crippen LogP contribution in [-0.4, -0.2) is 27.3 Å². The van der Waals surface area contributed by atoms with E-state index in [0.717, 1.165) is 5.56 Å². The lowest BCUT2D eigenvalue weighted by Crippen LogP contribution is -2.32. The number of aromatic nitrogens is 2. The number of benzene rings is 2. The van der Waals surface area contributed by atoms with Crippen molar-refractivity contribution in [2.24, 2.45) is 0 Å². The van der Waals surface area contributed by atoms with Crippen LogP contribution in [0.3, 0.4) is 0 Å². The van der Waals surface area contributed by atoms with Gasteiger partial charge in [0.1, 0.15) is 0 Å². The summed E-state index contributed by atoms with van der Waals surface area (Å²) in [6.07, 6.45) is 1.63. The molecule has 1 amide bonds. The maximum atomic E-state index is 13.1. The van der Waals surface area contributed by atoms with Crippen LogP contribution in [0.15, 0.2) is 71.1 Å². The van der Waals surface area contributed by atoms with Crippen molar-refractivity contribution in [2.75, 3.05) is 6.54 Å². The molecule has 0 spiro atoms. The predicted octanol–water partition coefficient (Wildman–Crippen LogP) is 3.88. The zero-order chi connectivity index (χ0) is 20.1. The van der Waals surface area contributed by atoms with Crippen LogP contribution in [0.5, 0.6) is 0 Å². The Bertz CT molecular complexity index is 1060. The summed E-state index contributed by atoms with van der Waals surface area (Å²) < 4.78 is 1.60. The summed E-state index contributed by atoms with van der Waals surface area (Å²) in [6, 6.07) is 14.5. The van der Waals surface area contributed by atoms with E-state index in [1.54, 1.807) is 41.8 Å². The Morgan fingerprint density at radius 2 is 2.00 bits per heavy atom. The first-order valence-corrected chi connectivity index (χ1v) is 10.0. The number of nitrogens with one attached hydrogen (secondary N) is 1. The Morgan fingerprint density at radius 3 is 2.71 bits per heavy atom. The van der Waals surface area contributed by atoms with Gasteiger partial charge in [-0.3, -0.25) is 14.2 Å². The molecule has 3 aromatic rings. The van der Waals surface area contributed by atoms with Crippen molar-refractivity contribution in [3.63, 3.8) is 0 Å². The summed E-state index contributed by atoms with van der Waals surface area (Å²) >= 11 is 7.22. The van der Waals surface area contributed by atoms with E-state index in [1.807, 2.05) is 24.3 Å². The minimum Gasteiger partial charge on any atom is -0.352 e. The molecule has 0 saturated carbocycles. The lowest BCUT2D eigenvalue weighted by Gasteiger charge is -2.16. The molecule has 0 aliphatic rings. The van der Waals surface area contributed by atoms with Crippen LogP contribution in [0.4, 0.5) is 0 Å². The quantitative estimate of drug-likeness (QED) is 0.362. The van der Waals surface area contributed by atoms with E-state index in [2.05, 4.69) is 16.9 Å². The smallest absolute Gasteiger partial charge is 0.262 e. The second-order valence-corrected chi connectivity index (χ2v) is 7.97. The molecule has 0 aliphatic carbocycles. The summed E-state index contributed by atoms with van der Waals surface area (Å²) in [5, 5.41) is 4.04. The van der Waals surface area contributed by atoms with Gasteiger partial charge < -0.3 is 5.32 Å². The van der Waals surface area contributed by atoms with Gasteiger partial charge in [0.25, 0.3) is 5.56 Å². The largest absolute Gasteiger partial charge is 0.352 e. The third-order valence-electron chi connectivity index (χ3n) is 4.15. The van der Waals surface area contributed by atoms with Crippen molar-refractivity contribution >= 4 is 40.2 Å². The second kappa shape index (κ2) is 9.08. The van der Waals surface area contributed by atoms with Gasteiger partial charge in [0, 0.05) is 11.6 Å². The Kier molecular flexibility index (Phi) is 6.54. The van der Waals surface area contributed by atoms with E-state index in [4.69, 9.17) is 11.6 Å². The minimum absolute atomic E-state index is 0.134. The predicted molar refractivity (Wildman–Crippen MR) is 115 cm³/mol. The molecular weight excluding hydrogens is 394 g/mol. The molecule has 1 aromatic heterocycles. The Labute approximate surface area is 172 Å². The number of hydrogen-bond acceptors (Lipinski definition) is 4. The molecule has 1 heterocycles. The zero-order valence-electron chi connectivity index (χ0n) is 15.4. The van der Waals surface area contributed by atoms with E-state index in [0.29, 0.717) is 34.2 Å². The topological polar surface area (TPSA) is 64.0 Å². The zero-order valence-corrected chi connectivity index (χ0v) is 17.0. The summed E-state index contributed by atoms with van der Waals surface area (Å²) in [6.45, 7) is 6.13. The fourth-order valence-corrected chi connectivity index (χ4v) is 3.74. The van der Waals surface area contributed by atoms with Crippen LogP contribution in [0.25, 0.3) is 10.9 Å². The van der Waals surface area contributed by atoms with Gasteiger partial charge in [-0.1, -0.05) is 53.7 Å². The highest BCUT2D eigenvalue weighted by molar-refractivity contribution is 8.00. The van der Waals surface area contributed by atoms with Crippen LogP contribution in [0, 0.1) is 0 Å². The fourth-order valence-electron chi connectivity index (χ4n) is 2.68. The maximum Gasteiger partial charge on any atom is 0.262 e. The standard InChI is InChI=1S/C21H20ClN3O2S/c1-3-12-23-19(26)14(2)28-21-24-18-7-5-4-6-17(18)20(27)25(21)13-15-8-10-16(22)11-9-15/h3-11,14H,1,12-13H2,2H3,(H,23,26)/t14-/m0/s1. The third kappa shape index (κ3) is 4.64. The van der Waals surface area contributed by atoms with Crippen molar-refractivity contribution in [2.45, 2.75) is 23.9 Å². The summed E-state index contributed by atoms with van der Waals surface area (Å²) in [4.78, 5) is 30.0. The highest BCUT2D eigenvalue weighted by atomic mass is 35.5. The molecule has 3 rings (SSSR count). The molecule has 0 bridgehead atoms. The molecular formula is C21H20ClN3O2S. The van der Waals surface area contributed by atoms with Crippen molar-refractivity contribution in [3.8, 4) is 0 Å². The molecule has 0 aliphatic heterocycles. The summed E-state index contributed by atoms with van der Waals surface area (Å²) in [5.41, 5.74) is 1.40. The lowest BCUT2D eigenvalue weighted by atomic mass is 10.2. The minimum atomic E-state index is -0.413. The first-order valence-electron chi connectivity index (χ1n) is 8.79. The number of para-hydroxylation sites is 1. The van der Waals surface area contributed by atoms with Gasteiger partial charge >= 0.3 is 0 Å². The lowest BCUT2D eigenvalue weighted by molar-refractivity contribution is -0.120. The number of fused-ring (bicyclic) bond motifs is 1. The molecule has 0 unspecified atom stereocenters. The van der Waals surface area contributed by atoms with Gasteiger partial charge in [-0.2, -0.15) is 0 Å². The molecule has 1 N–H and O–H groups in total. The van der Waals surface area contributed by atoms with Gasteiger partial charge in [0.05, 0.1) is 22.7 Å². The highest BCUT2D eigenvalue weighted by Crippen LogP contribution is 2.23. The molecule has 144 valence electrons. The third-order valence-corrected chi connectivity index (χ3v) is 5.49. The Hall–Kier alpha value is -2.57. The number of nitrogens with zero attached hydrogens (tertiary/aromatic N) is 2. The second-order valence-electron chi connectivity index (χ2n) is 6.22. The molecule has 0 saturated heterocycles. The monoisotopic (exact) mass is 413 g/mol. The summed E-state index contributed by atoms with van der Waals surface area (Å²) in [5.74, 6) is -0.134.